The lowest BCUT2D eigenvalue weighted by atomic mass is 9.98. The first-order valence-electron chi connectivity index (χ1n) is 11.8. The molecule has 5 rings (SSSR count). The summed E-state index contributed by atoms with van der Waals surface area (Å²) in [5.74, 6) is 1.79. The Labute approximate surface area is 214 Å². The van der Waals surface area contributed by atoms with Crippen molar-refractivity contribution in [2.24, 2.45) is 0 Å². The summed E-state index contributed by atoms with van der Waals surface area (Å²) in [6.45, 7) is 1.03. The van der Waals surface area contributed by atoms with Gasteiger partial charge in [0.15, 0.2) is 17.3 Å². The van der Waals surface area contributed by atoms with E-state index in [0.717, 1.165) is 16.7 Å². The summed E-state index contributed by atoms with van der Waals surface area (Å²) >= 11 is 0. The lowest BCUT2D eigenvalue weighted by Crippen LogP contribution is -2.35. The van der Waals surface area contributed by atoms with Crippen LogP contribution in [0.1, 0.15) is 32.0 Å². The van der Waals surface area contributed by atoms with Gasteiger partial charge in [0.2, 0.25) is 0 Å². The van der Waals surface area contributed by atoms with E-state index < -0.39 is 0 Å². The Balaban J connectivity index is 1.26. The number of fused-ring (bicyclic) bond motifs is 1. The summed E-state index contributed by atoms with van der Waals surface area (Å²) in [7, 11) is 3.20. The maximum atomic E-state index is 13.2. The number of hydrogen-bond acceptors (Lipinski definition) is 6. The Kier molecular flexibility index (Phi) is 6.55. The van der Waals surface area contributed by atoms with Crippen molar-refractivity contribution in [1.29, 1.82) is 0 Å². The van der Waals surface area contributed by atoms with Crippen LogP contribution in [0.15, 0.2) is 77.2 Å². The number of nitrogens with one attached hydrogen (secondary N) is 1. The molecule has 1 aromatic heterocycles. The normalized spacial score (nSPS) is 12.5. The highest BCUT2D eigenvalue weighted by Crippen LogP contribution is 2.34. The Morgan fingerprint density at radius 3 is 2.24 bits per heavy atom. The number of anilines is 1. The molecular weight excluding hydrogens is 472 g/mol. The SMILES string of the molecule is COc1cc2c(cc1OC)CN(C(=O)c1ccc(-c3ccc(NC(=O)c4ccc(O)cc4)cc3)o1)CC2. The summed E-state index contributed by atoms with van der Waals surface area (Å²) < 4.78 is 16.7. The van der Waals surface area contributed by atoms with Crippen LogP contribution in [0.3, 0.4) is 0 Å². The molecule has 1 aliphatic heterocycles. The average Bonchev–Trinajstić information content (AvgIpc) is 3.42. The quantitative estimate of drug-likeness (QED) is 0.383. The van der Waals surface area contributed by atoms with Gasteiger partial charge >= 0.3 is 0 Å². The average molecular weight is 499 g/mol. The van der Waals surface area contributed by atoms with E-state index in [9.17, 15) is 14.7 Å². The third-order valence-electron chi connectivity index (χ3n) is 6.38. The van der Waals surface area contributed by atoms with Crippen LogP contribution >= 0.6 is 0 Å². The van der Waals surface area contributed by atoms with Crippen molar-refractivity contribution < 1.29 is 28.6 Å². The van der Waals surface area contributed by atoms with Gasteiger partial charge < -0.3 is 29.2 Å². The monoisotopic (exact) mass is 498 g/mol. The van der Waals surface area contributed by atoms with Crippen LogP contribution in [0, 0.1) is 0 Å². The van der Waals surface area contributed by atoms with Crippen molar-refractivity contribution in [3.8, 4) is 28.6 Å². The van der Waals surface area contributed by atoms with Crippen molar-refractivity contribution in [2.45, 2.75) is 13.0 Å². The fourth-order valence-corrected chi connectivity index (χ4v) is 4.35. The first-order chi connectivity index (χ1) is 17.9. The number of carbonyl (C=O) groups excluding carboxylic acids is 2. The second-order valence-corrected chi connectivity index (χ2v) is 8.69. The molecule has 4 aromatic rings. The predicted octanol–water partition coefficient (Wildman–Crippen LogP) is 5.12. The molecule has 8 nitrogen and oxygen atoms in total. The van der Waals surface area contributed by atoms with Gasteiger partial charge in [0.1, 0.15) is 11.5 Å². The number of carbonyl (C=O) groups is 2. The number of benzene rings is 3. The largest absolute Gasteiger partial charge is 0.508 e. The minimum atomic E-state index is -0.280. The van der Waals surface area contributed by atoms with E-state index in [-0.39, 0.29) is 23.3 Å². The molecule has 2 amide bonds. The number of nitrogens with zero attached hydrogens (tertiary/aromatic N) is 1. The standard InChI is InChI=1S/C29H26N2O6/c1-35-26-15-20-13-14-31(17-21(20)16-27(26)36-2)29(34)25-12-11-24(37-25)18-3-7-22(8-4-18)30-28(33)19-5-9-23(32)10-6-19/h3-12,15-16,32H,13-14,17H2,1-2H3,(H,30,33). The van der Waals surface area contributed by atoms with Crippen molar-refractivity contribution in [1.82, 2.24) is 4.90 Å². The smallest absolute Gasteiger partial charge is 0.289 e. The van der Waals surface area contributed by atoms with Gasteiger partial charge in [-0.2, -0.15) is 0 Å². The Morgan fingerprint density at radius 2 is 1.57 bits per heavy atom. The third-order valence-corrected chi connectivity index (χ3v) is 6.38. The van der Waals surface area contributed by atoms with E-state index in [1.54, 1.807) is 55.5 Å². The minimum absolute atomic E-state index is 0.100. The molecule has 0 bridgehead atoms. The van der Waals surface area contributed by atoms with Crippen LogP contribution in [0.25, 0.3) is 11.3 Å². The van der Waals surface area contributed by atoms with Crippen molar-refractivity contribution in [3.63, 3.8) is 0 Å². The van der Waals surface area contributed by atoms with Crippen molar-refractivity contribution >= 4 is 17.5 Å². The Hall–Kier alpha value is -4.72. The molecule has 0 aliphatic carbocycles. The van der Waals surface area contributed by atoms with Gasteiger partial charge in [0, 0.05) is 29.9 Å². The molecule has 0 saturated heterocycles. The number of phenolic OH excluding ortho intramolecular Hbond substituents is 1. The third kappa shape index (κ3) is 4.99. The number of ether oxygens (including phenoxy) is 2. The molecule has 0 fully saturated rings. The first kappa shape index (κ1) is 24.0. The van der Waals surface area contributed by atoms with Crippen molar-refractivity contribution in [3.05, 3.63) is 95.2 Å². The van der Waals surface area contributed by atoms with E-state index in [0.29, 0.717) is 48.0 Å². The summed E-state index contributed by atoms with van der Waals surface area (Å²) in [4.78, 5) is 27.3. The molecule has 8 heteroatoms. The maximum Gasteiger partial charge on any atom is 0.289 e. The number of aromatic hydroxyl groups is 1. The maximum absolute atomic E-state index is 13.2. The van der Waals surface area contributed by atoms with Gasteiger partial charge in [-0.15, -0.1) is 0 Å². The van der Waals surface area contributed by atoms with Crippen molar-refractivity contribution in [2.75, 3.05) is 26.1 Å². The molecule has 0 atom stereocenters. The zero-order chi connectivity index (χ0) is 25.9. The van der Waals surface area contributed by atoms with E-state index in [2.05, 4.69) is 5.32 Å². The van der Waals surface area contributed by atoms with E-state index >= 15 is 0 Å². The second-order valence-electron chi connectivity index (χ2n) is 8.69. The summed E-state index contributed by atoms with van der Waals surface area (Å²) in [5, 5.41) is 12.2. The zero-order valence-electron chi connectivity index (χ0n) is 20.5. The summed E-state index contributed by atoms with van der Waals surface area (Å²) in [5.41, 5.74) is 3.99. The summed E-state index contributed by atoms with van der Waals surface area (Å²) in [6.07, 6.45) is 0.715. The molecule has 1 aliphatic rings. The Morgan fingerprint density at radius 1 is 0.892 bits per heavy atom. The van der Waals surface area contributed by atoms with Gasteiger partial charge in [-0.25, -0.2) is 0 Å². The highest BCUT2D eigenvalue weighted by atomic mass is 16.5. The molecule has 0 radical (unpaired) electrons. The lowest BCUT2D eigenvalue weighted by molar-refractivity contribution is 0.0703. The number of amides is 2. The molecule has 2 heterocycles. The van der Waals surface area contributed by atoms with Gasteiger partial charge in [-0.1, -0.05) is 0 Å². The van der Waals surface area contributed by atoms with Crippen LogP contribution in [-0.2, 0) is 13.0 Å². The predicted molar refractivity (Wildman–Crippen MR) is 138 cm³/mol. The lowest BCUT2D eigenvalue weighted by Gasteiger charge is -2.29. The first-order valence-corrected chi connectivity index (χ1v) is 11.8. The minimum Gasteiger partial charge on any atom is -0.508 e. The molecule has 37 heavy (non-hydrogen) atoms. The molecular formula is C29H26N2O6. The molecule has 0 spiro atoms. The fourth-order valence-electron chi connectivity index (χ4n) is 4.35. The fraction of sp³-hybridized carbons (Fsp3) is 0.172. The number of phenols is 1. The molecule has 3 aromatic carbocycles. The number of methoxy groups -OCH3 is 2. The highest BCUT2D eigenvalue weighted by molar-refractivity contribution is 6.04. The van der Waals surface area contributed by atoms with Gasteiger partial charge in [-0.3, -0.25) is 9.59 Å². The number of rotatable bonds is 6. The van der Waals surface area contributed by atoms with Gasteiger partial charge in [-0.05, 0) is 90.3 Å². The van der Waals surface area contributed by atoms with Crippen LogP contribution in [0.5, 0.6) is 17.2 Å². The highest BCUT2D eigenvalue weighted by Gasteiger charge is 2.25. The van der Waals surface area contributed by atoms with Crippen LogP contribution < -0.4 is 14.8 Å². The van der Waals surface area contributed by atoms with Crippen LogP contribution in [0.4, 0.5) is 5.69 Å². The molecule has 0 unspecified atom stereocenters. The number of furan rings is 1. The number of hydrogen-bond donors (Lipinski definition) is 2. The molecule has 2 N–H and O–H groups in total. The Bertz CT molecular complexity index is 1440. The summed E-state index contributed by atoms with van der Waals surface area (Å²) in [6, 6.07) is 20.5. The molecule has 188 valence electrons. The zero-order valence-corrected chi connectivity index (χ0v) is 20.5. The van der Waals surface area contributed by atoms with Crippen LogP contribution in [-0.4, -0.2) is 42.6 Å². The van der Waals surface area contributed by atoms with E-state index in [1.807, 2.05) is 24.3 Å². The van der Waals surface area contributed by atoms with Gasteiger partial charge in [0.25, 0.3) is 11.8 Å². The topological polar surface area (TPSA) is 101 Å². The van der Waals surface area contributed by atoms with Crippen LogP contribution in [0.2, 0.25) is 0 Å². The van der Waals surface area contributed by atoms with E-state index in [4.69, 9.17) is 13.9 Å². The van der Waals surface area contributed by atoms with Gasteiger partial charge in [0.05, 0.1) is 14.2 Å². The van der Waals surface area contributed by atoms with E-state index in [1.165, 1.54) is 12.1 Å². The second kappa shape index (κ2) is 10.1. The molecule has 0 saturated carbocycles.